The molecular formula is C62H84N18O17S2. The number of carboxylic acids is 1. The molecule has 12 N–H and O–H groups in total. The minimum atomic E-state index is -5.23. The largest absolute Gasteiger partial charge is 0.478 e. The minimum absolute atomic E-state index is 0.0146. The number of hydrogen-bond acceptors (Lipinski definition) is 25. The van der Waals surface area contributed by atoms with Crippen molar-refractivity contribution >= 4 is 66.5 Å². The number of anilines is 1. The second-order valence-corrected chi connectivity index (χ2v) is 26.4. The van der Waals surface area contributed by atoms with E-state index in [0.29, 0.717) is 101 Å². The second-order valence-electron chi connectivity index (χ2n) is 23.7. The quantitative estimate of drug-likeness (QED) is 0.0113. The number of carbonyl (C=O) groups is 5. The summed E-state index contributed by atoms with van der Waals surface area (Å²) in [6.07, 6.45) is 15.5. The van der Waals surface area contributed by atoms with Gasteiger partial charge < -0.3 is 60.9 Å². The van der Waals surface area contributed by atoms with E-state index in [1.165, 1.54) is 24.3 Å². The Balaban J connectivity index is 0.881. The monoisotopic (exact) mass is 1420 g/mol. The summed E-state index contributed by atoms with van der Waals surface area (Å²) in [4.78, 5) is 59.7. The number of hydrogen-bond donors (Lipinski definition) is 11. The summed E-state index contributed by atoms with van der Waals surface area (Å²) in [6.45, 7) is 3.36. The van der Waals surface area contributed by atoms with Crippen LogP contribution in [-0.2, 0) is 93.0 Å². The number of nitrogen functional groups attached to an aromatic ring is 1. The van der Waals surface area contributed by atoms with Gasteiger partial charge in [-0.15, -0.1) is 20.8 Å². The average molecular weight is 1420 g/mol. The summed E-state index contributed by atoms with van der Waals surface area (Å²) in [6, 6.07) is 8.26. The zero-order valence-corrected chi connectivity index (χ0v) is 56.8. The lowest BCUT2D eigenvalue weighted by atomic mass is 9.89. The summed E-state index contributed by atoms with van der Waals surface area (Å²) in [5.74, 6) is -2.95. The number of carboxylic acid groups (broad SMARTS) is 1. The number of carbonyl (C=O) groups excluding carboxylic acids is 4. The van der Waals surface area contributed by atoms with Crippen molar-refractivity contribution in [2.45, 2.75) is 133 Å². The molecule has 4 amide bonds. The molecule has 0 saturated heterocycles. The first-order chi connectivity index (χ1) is 47.5. The molecule has 37 heteroatoms. The molecule has 0 unspecified atom stereocenters. The van der Waals surface area contributed by atoms with Gasteiger partial charge in [-0.3, -0.25) is 52.7 Å². The Morgan fingerprint density at radius 2 is 1.10 bits per heavy atom. The smallest absolute Gasteiger partial charge is 0.336 e. The Morgan fingerprint density at radius 1 is 0.616 bits per heavy atom. The lowest BCUT2D eigenvalue weighted by Gasteiger charge is -2.32. The van der Waals surface area contributed by atoms with Gasteiger partial charge in [-0.2, -0.15) is 16.8 Å². The van der Waals surface area contributed by atoms with E-state index in [0.717, 1.165) is 49.6 Å². The highest BCUT2D eigenvalue weighted by Gasteiger charge is 2.35. The van der Waals surface area contributed by atoms with Gasteiger partial charge in [0.15, 0.2) is 21.1 Å². The van der Waals surface area contributed by atoms with Crippen LogP contribution >= 0.6 is 0 Å². The number of aromatic nitrogens is 9. The molecule has 5 heterocycles. The van der Waals surface area contributed by atoms with Crippen LogP contribution < -0.4 is 43.3 Å². The van der Waals surface area contributed by atoms with E-state index in [1.807, 2.05) is 11.2 Å². The standard InChI is InChI=1S/C62H84N18O17S2/c1-65-52(81)14-6-11-25-78-30-43(70-74-78)34-94-38-62(39-95-35-44-31-79(75-71-44)26-12-7-15-53(82)66-2,40-96-36-45-32-80(76-72-45)27-13-8-16-54(83)67-3)37-93-33-42-29-77(73-69-42)24-10-5-4-9-23-68-60(84)41-17-18-46(49(28-41)61(85)86)55-47-19-21-50(63)58(98(87,88)89)56(47)97-57-48(55)20-22-51(64)59(57)99(90,91)92/h17-22,28-32,63,70,74H,4-16,23-27,33-40,64H2,1-3H3,(H,65,81)(H,66,82)(H,67,83)(H,68,84)(H,85,86)(H,87,88,89)(H,90,91,92). The summed E-state index contributed by atoms with van der Waals surface area (Å²) >= 11 is 0. The molecule has 99 heavy (non-hydrogen) atoms. The van der Waals surface area contributed by atoms with Gasteiger partial charge in [0, 0.05) is 101 Å². The number of nitrogens with two attached hydrogens (primary N) is 1. The first kappa shape index (κ1) is 75.4. The van der Waals surface area contributed by atoms with Crippen LogP contribution in [0.4, 0.5) is 5.69 Å². The molecule has 3 aliphatic rings. The molecule has 536 valence electrons. The number of fused-ring (bicyclic) bond motifs is 2. The normalized spacial score (nSPS) is 12.7. The summed E-state index contributed by atoms with van der Waals surface area (Å²) in [5, 5.41) is 56.3. The number of nitrogens with zero attached hydrogens (tertiary/aromatic N) is 10. The number of unbranched alkanes of at least 4 members (excludes halogenated alkanes) is 6. The van der Waals surface area contributed by atoms with Crippen LogP contribution in [0.2, 0.25) is 0 Å². The van der Waals surface area contributed by atoms with Gasteiger partial charge in [-0.1, -0.05) is 34.5 Å². The molecule has 5 aromatic rings. The molecule has 0 spiro atoms. The van der Waals surface area contributed by atoms with Crippen molar-refractivity contribution in [1.82, 2.24) is 82.2 Å². The van der Waals surface area contributed by atoms with Crippen LogP contribution in [0.25, 0.3) is 33.4 Å². The van der Waals surface area contributed by atoms with Gasteiger partial charge in [0.2, 0.25) is 17.7 Å². The maximum atomic E-state index is 13.5. The third kappa shape index (κ3) is 21.8. The molecule has 0 radical (unpaired) electrons. The third-order valence-electron chi connectivity index (χ3n) is 15.9. The maximum absolute atomic E-state index is 13.5. The van der Waals surface area contributed by atoms with E-state index >= 15 is 0 Å². The molecule has 2 aliphatic heterocycles. The molecule has 3 aromatic heterocycles. The Kier molecular flexibility index (Phi) is 27.4. The fourth-order valence-electron chi connectivity index (χ4n) is 10.9. The summed E-state index contributed by atoms with van der Waals surface area (Å²) in [7, 11) is -5.60. The lowest BCUT2D eigenvalue weighted by molar-refractivity contribution is -0.121. The van der Waals surface area contributed by atoms with E-state index < -0.39 is 75.3 Å². The van der Waals surface area contributed by atoms with E-state index in [1.54, 1.807) is 53.8 Å². The maximum Gasteiger partial charge on any atom is 0.336 e. The van der Waals surface area contributed by atoms with Crippen molar-refractivity contribution < 1.29 is 78.4 Å². The Labute approximate surface area is 570 Å². The topological polar surface area (TPSA) is 482 Å². The first-order valence-corrected chi connectivity index (χ1v) is 34.9. The van der Waals surface area contributed by atoms with Crippen molar-refractivity contribution in [3.8, 4) is 22.5 Å². The van der Waals surface area contributed by atoms with Crippen LogP contribution in [0.3, 0.4) is 0 Å². The number of hydrazine groups is 2. The van der Waals surface area contributed by atoms with E-state index in [4.69, 9.17) is 34.5 Å². The van der Waals surface area contributed by atoms with Crippen molar-refractivity contribution in [3.05, 3.63) is 107 Å². The van der Waals surface area contributed by atoms with Gasteiger partial charge in [0.1, 0.15) is 17.1 Å². The van der Waals surface area contributed by atoms with Gasteiger partial charge in [-0.05, 0) is 93.3 Å². The predicted octanol–water partition coefficient (Wildman–Crippen LogP) is 3.09. The number of benzene rings is 3. The van der Waals surface area contributed by atoms with Crippen LogP contribution in [0.15, 0.2) is 87.2 Å². The van der Waals surface area contributed by atoms with Crippen LogP contribution in [0.1, 0.15) is 121 Å². The third-order valence-corrected chi connectivity index (χ3v) is 17.8. The van der Waals surface area contributed by atoms with Crippen molar-refractivity contribution in [2.75, 3.05) is 73.0 Å². The molecule has 2 aromatic carbocycles. The van der Waals surface area contributed by atoms with Gasteiger partial charge >= 0.3 is 5.97 Å². The van der Waals surface area contributed by atoms with E-state index in [-0.39, 0.29) is 105 Å². The van der Waals surface area contributed by atoms with E-state index in [2.05, 4.69) is 63.2 Å². The SMILES string of the molecule is CNC(=O)CCCCN1C=C(COCC(COCc2cn(CCCCCCNC(=O)c3ccc(-c4c5ccc(=N)c(S(=O)(=O)O)c-5oc5c(S(=O)(=O)O)c(N)ccc45)c(C(=O)O)c3)nn2)(COCc2cn(CCCCC(=O)NC)nn2)COCc2cn(CCCCC(=O)NC)nn2)NN1. The highest BCUT2D eigenvalue weighted by molar-refractivity contribution is 7.86. The average Bonchev–Trinajstić information content (AvgIpc) is 1.54. The summed E-state index contributed by atoms with van der Waals surface area (Å²) in [5.41, 5.74) is 11.6. The number of aromatic carboxylic acids is 1. The van der Waals surface area contributed by atoms with Crippen molar-refractivity contribution in [1.29, 1.82) is 5.41 Å². The van der Waals surface area contributed by atoms with Crippen molar-refractivity contribution in [3.63, 3.8) is 0 Å². The second kappa shape index (κ2) is 36.0. The molecule has 1 aliphatic carbocycles. The van der Waals surface area contributed by atoms with Crippen molar-refractivity contribution in [2.24, 2.45) is 5.41 Å². The number of ether oxygens (including phenoxy) is 4. The highest BCUT2D eigenvalue weighted by Crippen LogP contribution is 2.46. The van der Waals surface area contributed by atoms with Gasteiger partial charge in [-0.25, -0.2) is 4.79 Å². The van der Waals surface area contributed by atoms with Gasteiger partial charge in [0.25, 0.3) is 26.1 Å². The molecular weight excluding hydrogens is 1330 g/mol. The van der Waals surface area contributed by atoms with E-state index in [9.17, 15) is 55.0 Å². The number of aryl methyl sites for hydroxylation is 3. The first-order valence-electron chi connectivity index (χ1n) is 32.0. The van der Waals surface area contributed by atoms with Gasteiger partial charge in [0.05, 0.1) is 99.2 Å². The fourth-order valence-corrected chi connectivity index (χ4v) is 12.4. The molecule has 0 fully saturated rings. The number of rotatable bonds is 43. The predicted molar refractivity (Wildman–Crippen MR) is 353 cm³/mol. The molecule has 8 rings (SSSR count). The summed E-state index contributed by atoms with van der Waals surface area (Å²) < 4.78 is 107. The Morgan fingerprint density at radius 3 is 1.61 bits per heavy atom. The minimum Gasteiger partial charge on any atom is -0.478 e. The zero-order valence-electron chi connectivity index (χ0n) is 55.2. The van der Waals surface area contributed by atoms with Crippen LogP contribution in [0, 0.1) is 10.8 Å². The molecule has 35 nitrogen and oxygen atoms in total. The van der Waals surface area contributed by atoms with Crippen LogP contribution in [-0.4, -0.2) is 178 Å². The molecule has 0 atom stereocenters. The zero-order chi connectivity index (χ0) is 71.1. The molecule has 0 saturated carbocycles. The van der Waals surface area contributed by atoms with Crippen LogP contribution in [0.5, 0.6) is 0 Å². The number of nitrogens with one attached hydrogen (secondary N) is 7. The highest BCUT2D eigenvalue weighted by atomic mass is 32.2. The molecule has 0 bridgehead atoms. The Hall–Kier alpha value is -9.34. The lowest BCUT2D eigenvalue weighted by Crippen LogP contribution is -2.42. The fraction of sp³-hybridized carbons (Fsp3) is 0.484. The Bertz CT molecular complexity index is 4160. The number of amides is 4.